The normalized spacial score (nSPS) is 18.0. The van der Waals surface area contributed by atoms with Crippen LogP contribution in [0.1, 0.15) is 17.8 Å². The van der Waals surface area contributed by atoms with Gasteiger partial charge in [-0.3, -0.25) is 4.79 Å². The molecule has 1 heterocycles. The third kappa shape index (κ3) is 2.90. The molecule has 1 amide bonds. The summed E-state index contributed by atoms with van der Waals surface area (Å²) in [7, 11) is 0. The van der Waals surface area contributed by atoms with Gasteiger partial charge in [-0.25, -0.2) is 4.79 Å². The highest BCUT2D eigenvalue weighted by atomic mass is 16.4. The van der Waals surface area contributed by atoms with E-state index in [9.17, 15) is 9.59 Å². The van der Waals surface area contributed by atoms with Gasteiger partial charge < -0.3 is 10.4 Å². The van der Waals surface area contributed by atoms with Crippen molar-refractivity contribution in [2.75, 3.05) is 0 Å². The van der Waals surface area contributed by atoms with E-state index in [4.69, 9.17) is 5.11 Å². The average Bonchev–Trinajstić information content (AvgIpc) is 2.69. The van der Waals surface area contributed by atoms with Crippen LogP contribution in [0.15, 0.2) is 30.0 Å². The van der Waals surface area contributed by atoms with Gasteiger partial charge in [-0.15, -0.1) is 0 Å². The number of nitrogens with zero attached hydrogens (tertiary/aromatic N) is 2. The van der Waals surface area contributed by atoms with Crippen molar-refractivity contribution in [2.24, 2.45) is 5.92 Å². The molecular weight excluding hydrogens is 246 g/mol. The number of aromatic nitrogens is 2. The summed E-state index contributed by atoms with van der Waals surface area (Å²) in [6.45, 7) is 3.61. The predicted molar refractivity (Wildman–Crippen MR) is 68.6 cm³/mol. The fourth-order valence-electron chi connectivity index (χ4n) is 1.91. The number of amides is 1. The van der Waals surface area contributed by atoms with E-state index >= 15 is 0 Å². The lowest BCUT2D eigenvalue weighted by atomic mass is 10.00. The molecule has 0 spiro atoms. The number of hydrogen-bond donors (Lipinski definition) is 2. The monoisotopic (exact) mass is 261 g/mol. The van der Waals surface area contributed by atoms with E-state index < -0.39 is 11.9 Å². The topological polar surface area (TPSA) is 84.2 Å². The van der Waals surface area contributed by atoms with E-state index in [1.54, 1.807) is 25.2 Å². The highest BCUT2D eigenvalue weighted by molar-refractivity contribution is 5.79. The van der Waals surface area contributed by atoms with Crippen molar-refractivity contribution in [3.8, 4) is 0 Å². The third-order valence-corrected chi connectivity index (χ3v) is 2.87. The van der Waals surface area contributed by atoms with Crippen LogP contribution in [-0.4, -0.2) is 26.9 Å². The van der Waals surface area contributed by atoms with Crippen molar-refractivity contribution in [3.63, 3.8) is 0 Å². The zero-order valence-electron chi connectivity index (χ0n) is 10.8. The molecule has 100 valence electrons. The Kier molecular flexibility index (Phi) is 3.50. The minimum atomic E-state index is -0.864. The van der Waals surface area contributed by atoms with E-state index in [2.05, 4.69) is 10.4 Å². The van der Waals surface area contributed by atoms with E-state index in [1.165, 1.54) is 4.68 Å². The Morgan fingerprint density at radius 1 is 1.47 bits per heavy atom. The molecule has 1 aliphatic carbocycles. The molecule has 2 N–H and O–H groups in total. The van der Waals surface area contributed by atoms with Crippen molar-refractivity contribution < 1.29 is 14.7 Å². The Morgan fingerprint density at radius 3 is 2.68 bits per heavy atom. The first kappa shape index (κ1) is 13.1. The summed E-state index contributed by atoms with van der Waals surface area (Å²) in [5.41, 5.74) is 2.11. The van der Waals surface area contributed by atoms with E-state index in [-0.39, 0.29) is 6.03 Å². The summed E-state index contributed by atoms with van der Waals surface area (Å²) < 4.78 is 1.29. The van der Waals surface area contributed by atoms with Gasteiger partial charge in [-0.05, 0) is 32.4 Å². The first-order valence-corrected chi connectivity index (χ1v) is 5.93. The molecule has 1 aliphatic rings. The largest absolute Gasteiger partial charge is 0.481 e. The summed E-state index contributed by atoms with van der Waals surface area (Å²) in [5, 5.41) is 15.6. The molecule has 6 heteroatoms. The molecule has 0 radical (unpaired) electrons. The zero-order chi connectivity index (χ0) is 14.0. The molecule has 0 aromatic carbocycles. The lowest BCUT2D eigenvalue weighted by Gasteiger charge is -2.13. The van der Waals surface area contributed by atoms with E-state index in [0.717, 1.165) is 11.4 Å². The number of rotatable bonds is 2. The molecule has 1 unspecified atom stereocenters. The second-order valence-corrected chi connectivity index (χ2v) is 4.47. The van der Waals surface area contributed by atoms with Crippen LogP contribution in [0.3, 0.4) is 0 Å². The zero-order valence-corrected chi connectivity index (χ0v) is 10.8. The molecule has 1 aromatic rings. The molecule has 6 nitrogen and oxygen atoms in total. The Labute approximate surface area is 110 Å². The summed E-state index contributed by atoms with van der Waals surface area (Å²) in [6.07, 6.45) is 5.24. The minimum Gasteiger partial charge on any atom is -0.481 e. The van der Waals surface area contributed by atoms with Gasteiger partial charge in [0.2, 0.25) is 0 Å². The molecule has 1 aromatic heterocycles. The van der Waals surface area contributed by atoms with Gasteiger partial charge in [0.1, 0.15) is 0 Å². The molecular formula is C13H15N3O3. The summed E-state index contributed by atoms with van der Waals surface area (Å²) in [6, 6.07) is 1.46. The standard InChI is InChI=1S/C13H15N3O3/c1-8-7-9(2)16(15-8)13(19)14-11-5-3-10(4-6-11)12(17)18/h3,5-7,10H,4H2,1-2H3,(H,14,19)(H,17,18). The van der Waals surface area contributed by atoms with Gasteiger partial charge in [0.05, 0.1) is 11.6 Å². The first-order chi connectivity index (χ1) is 8.97. The van der Waals surface area contributed by atoms with Crippen molar-refractivity contribution in [1.29, 1.82) is 0 Å². The maximum absolute atomic E-state index is 12.0. The maximum Gasteiger partial charge on any atom is 0.346 e. The van der Waals surface area contributed by atoms with Crippen LogP contribution in [0.4, 0.5) is 4.79 Å². The summed E-state index contributed by atoms with van der Waals surface area (Å²) in [5.74, 6) is -1.38. The second kappa shape index (κ2) is 5.09. The van der Waals surface area contributed by atoms with Crippen LogP contribution < -0.4 is 5.32 Å². The molecule has 0 bridgehead atoms. The van der Waals surface area contributed by atoms with Crippen molar-refractivity contribution in [1.82, 2.24) is 15.1 Å². The van der Waals surface area contributed by atoms with Crippen LogP contribution in [0.25, 0.3) is 0 Å². The highest BCUT2D eigenvalue weighted by Crippen LogP contribution is 2.15. The van der Waals surface area contributed by atoms with E-state index in [0.29, 0.717) is 12.1 Å². The third-order valence-electron chi connectivity index (χ3n) is 2.87. The maximum atomic E-state index is 12.0. The quantitative estimate of drug-likeness (QED) is 0.847. The van der Waals surface area contributed by atoms with Gasteiger partial charge in [-0.1, -0.05) is 12.2 Å². The van der Waals surface area contributed by atoms with Crippen molar-refractivity contribution in [3.05, 3.63) is 41.4 Å². The Hall–Kier alpha value is -2.37. The smallest absolute Gasteiger partial charge is 0.346 e. The van der Waals surface area contributed by atoms with Gasteiger partial charge >= 0.3 is 12.0 Å². The van der Waals surface area contributed by atoms with E-state index in [1.807, 2.05) is 13.0 Å². The molecule has 0 fully saturated rings. The number of hydrogen-bond acceptors (Lipinski definition) is 3. The first-order valence-electron chi connectivity index (χ1n) is 5.93. The predicted octanol–water partition coefficient (Wildman–Crippen LogP) is 1.60. The fraction of sp³-hybridized carbons (Fsp3) is 0.308. The average molecular weight is 261 g/mol. The highest BCUT2D eigenvalue weighted by Gasteiger charge is 2.17. The second-order valence-electron chi connectivity index (χ2n) is 4.47. The number of aliphatic carboxylic acids is 1. The van der Waals surface area contributed by atoms with Crippen LogP contribution >= 0.6 is 0 Å². The van der Waals surface area contributed by atoms with Crippen molar-refractivity contribution >= 4 is 12.0 Å². The SMILES string of the molecule is Cc1cc(C)n(C(=O)NC2=CCC(C(=O)O)C=C2)n1. The van der Waals surface area contributed by atoms with Crippen LogP contribution in [0.2, 0.25) is 0 Å². The number of nitrogens with one attached hydrogen (secondary N) is 1. The lowest BCUT2D eigenvalue weighted by molar-refractivity contribution is -0.139. The number of aryl methyl sites for hydroxylation is 2. The molecule has 0 saturated carbocycles. The van der Waals surface area contributed by atoms with Crippen LogP contribution in [0, 0.1) is 19.8 Å². The fourth-order valence-corrected chi connectivity index (χ4v) is 1.91. The number of carbonyl (C=O) groups is 2. The molecule has 19 heavy (non-hydrogen) atoms. The number of carbonyl (C=O) groups excluding carboxylic acids is 1. The van der Waals surface area contributed by atoms with Crippen LogP contribution in [-0.2, 0) is 4.79 Å². The lowest BCUT2D eigenvalue weighted by Crippen LogP contribution is -2.30. The van der Waals surface area contributed by atoms with Crippen molar-refractivity contribution in [2.45, 2.75) is 20.3 Å². The number of carboxylic acid groups (broad SMARTS) is 1. The van der Waals surface area contributed by atoms with Gasteiger partial charge in [0.15, 0.2) is 0 Å². The van der Waals surface area contributed by atoms with Gasteiger partial charge in [0, 0.05) is 11.4 Å². The molecule has 0 aliphatic heterocycles. The Balaban J connectivity index is 2.04. The minimum absolute atomic E-state index is 0.352. The summed E-state index contributed by atoms with van der Waals surface area (Å²) >= 11 is 0. The summed E-state index contributed by atoms with van der Waals surface area (Å²) in [4.78, 5) is 22.7. The number of carboxylic acids is 1. The Morgan fingerprint density at radius 2 is 2.21 bits per heavy atom. The van der Waals surface area contributed by atoms with Gasteiger partial charge in [-0.2, -0.15) is 9.78 Å². The Bertz CT molecular complexity index is 584. The van der Waals surface area contributed by atoms with Gasteiger partial charge in [0.25, 0.3) is 0 Å². The number of allylic oxidation sites excluding steroid dienone is 2. The van der Waals surface area contributed by atoms with Crippen LogP contribution in [0.5, 0.6) is 0 Å². The molecule has 2 rings (SSSR count). The molecule has 1 atom stereocenters. The molecule has 0 saturated heterocycles.